The number of nitrogens with one attached hydrogen (secondary N) is 2. The van der Waals surface area contributed by atoms with E-state index in [0.717, 1.165) is 28.6 Å². The number of para-hydroxylation sites is 1. The minimum absolute atomic E-state index is 0.227. The van der Waals surface area contributed by atoms with Crippen molar-refractivity contribution >= 4 is 11.8 Å². The predicted molar refractivity (Wildman–Crippen MR) is 145 cm³/mol. The van der Waals surface area contributed by atoms with Gasteiger partial charge >= 0.3 is 6.03 Å². The standard InChI is InChI=1S/C29H30F2N6O2/c1-19-27(20-10-12-32-13-11-20)35-37(22-6-4-3-5-7-22)28(19)34-29(38)33-26-18-36(14-15-39-2)17-23(26)21-8-9-24(30)25(31)16-21/h3-13,16,23,26H,14-15,17-18H2,1-2H3,(H2,33,34,38)/t23-,26+/m0/s1. The second kappa shape index (κ2) is 11.7. The van der Waals surface area contributed by atoms with Crippen LogP contribution >= 0.6 is 0 Å². The van der Waals surface area contributed by atoms with Gasteiger partial charge in [0.25, 0.3) is 0 Å². The first-order valence-corrected chi connectivity index (χ1v) is 12.7. The average Bonchev–Trinajstić information content (AvgIpc) is 3.50. The summed E-state index contributed by atoms with van der Waals surface area (Å²) in [5.41, 5.74) is 3.82. The highest BCUT2D eigenvalue weighted by Crippen LogP contribution is 2.31. The van der Waals surface area contributed by atoms with Gasteiger partial charge in [-0.05, 0) is 48.9 Å². The second-order valence-electron chi connectivity index (χ2n) is 9.54. The lowest BCUT2D eigenvalue weighted by atomic mass is 9.94. The van der Waals surface area contributed by atoms with Crippen molar-refractivity contribution in [2.75, 3.05) is 38.7 Å². The van der Waals surface area contributed by atoms with E-state index in [0.29, 0.717) is 37.6 Å². The van der Waals surface area contributed by atoms with E-state index in [2.05, 4.69) is 20.5 Å². The number of halogens is 2. The molecule has 3 heterocycles. The number of nitrogens with zero attached hydrogens (tertiary/aromatic N) is 4. The van der Waals surface area contributed by atoms with Gasteiger partial charge < -0.3 is 10.1 Å². The molecular formula is C29H30F2N6O2. The summed E-state index contributed by atoms with van der Waals surface area (Å²) in [5, 5.41) is 10.9. The zero-order valence-electron chi connectivity index (χ0n) is 21.8. The smallest absolute Gasteiger partial charge is 0.320 e. The van der Waals surface area contributed by atoms with Crippen LogP contribution in [0.2, 0.25) is 0 Å². The molecule has 1 aliphatic heterocycles. The van der Waals surface area contributed by atoms with Crippen molar-refractivity contribution in [2.45, 2.75) is 18.9 Å². The minimum atomic E-state index is -0.905. The van der Waals surface area contributed by atoms with Gasteiger partial charge in [0.05, 0.1) is 24.0 Å². The summed E-state index contributed by atoms with van der Waals surface area (Å²) in [5.74, 6) is -1.50. The Morgan fingerprint density at radius 3 is 2.54 bits per heavy atom. The molecule has 0 saturated carbocycles. The van der Waals surface area contributed by atoms with Gasteiger partial charge in [0.15, 0.2) is 11.6 Å². The molecule has 0 unspecified atom stereocenters. The quantitative estimate of drug-likeness (QED) is 0.342. The molecule has 202 valence electrons. The topological polar surface area (TPSA) is 84.3 Å². The molecule has 2 aromatic heterocycles. The van der Waals surface area contributed by atoms with Crippen LogP contribution in [0, 0.1) is 18.6 Å². The molecule has 2 aromatic carbocycles. The monoisotopic (exact) mass is 532 g/mol. The van der Waals surface area contributed by atoms with Gasteiger partial charge in [0.2, 0.25) is 0 Å². The average molecular weight is 533 g/mol. The van der Waals surface area contributed by atoms with Gasteiger partial charge in [-0.15, -0.1) is 0 Å². The molecule has 39 heavy (non-hydrogen) atoms. The molecule has 0 aliphatic carbocycles. The number of rotatable bonds is 8. The lowest BCUT2D eigenvalue weighted by Crippen LogP contribution is -2.42. The number of carbonyl (C=O) groups is 1. The minimum Gasteiger partial charge on any atom is -0.383 e. The van der Waals surface area contributed by atoms with Crippen molar-refractivity contribution in [2.24, 2.45) is 0 Å². The molecule has 8 nitrogen and oxygen atoms in total. The highest BCUT2D eigenvalue weighted by molar-refractivity contribution is 5.91. The van der Waals surface area contributed by atoms with Crippen LogP contribution < -0.4 is 10.6 Å². The van der Waals surface area contributed by atoms with E-state index in [-0.39, 0.29) is 12.0 Å². The molecule has 2 atom stereocenters. The second-order valence-corrected chi connectivity index (χ2v) is 9.54. The molecule has 1 saturated heterocycles. The van der Waals surface area contributed by atoms with E-state index in [4.69, 9.17) is 9.84 Å². The highest BCUT2D eigenvalue weighted by Gasteiger charge is 2.35. The van der Waals surface area contributed by atoms with Crippen molar-refractivity contribution < 1.29 is 18.3 Å². The van der Waals surface area contributed by atoms with Crippen LogP contribution in [0.5, 0.6) is 0 Å². The molecule has 1 fully saturated rings. The Hall–Kier alpha value is -4.15. The van der Waals surface area contributed by atoms with Crippen LogP contribution in [-0.2, 0) is 4.74 Å². The fourth-order valence-corrected chi connectivity index (χ4v) is 5.01. The molecule has 2 N–H and O–H groups in total. The normalized spacial score (nSPS) is 17.3. The molecule has 5 rings (SSSR count). The number of ether oxygens (including phenoxy) is 1. The maximum absolute atomic E-state index is 14.1. The summed E-state index contributed by atoms with van der Waals surface area (Å²) < 4.78 is 34.6. The molecular weight excluding hydrogens is 502 g/mol. The lowest BCUT2D eigenvalue weighted by molar-refractivity contribution is 0.159. The van der Waals surface area contributed by atoms with Crippen LogP contribution in [0.4, 0.5) is 19.4 Å². The number of hydrogen-bond acceptors (Lipinski definition) is 5. The molecule has 0 spiro atoms. The molecule has 0 radical (unpaired) electrons. The Bertz CT molecular complexity index is 1430. The van der Waals surface area contributed by atoms with E-state index in [1.54, 1.807) is 30.3 Å². The third-order valence-corrected chi connectivity index (χ3v) is 7.00. The first kappa shape index (κ1) is 26.5. The molecule has 0 bridgehead atoms. The Balaban J connectivity index is 1.42. The van der Waals surface area contributed by atoms with Gasteiger partial charge in [0, 0.05) is 56.2 Å². The van der Waals surface area contributed by atoms with E-state index in [1.807, 2.05) is 49.4 Å². The van der Waals surface area contributed by atoms with Gasteiger partial charge in [-0.1, -0.05) is 24.3 Å². The van der Waals surface area contributed by atoms with Crippen molar-refractivity contribution in [1.82, 2.24) is 25.0 Å². The van der Waals surface area contributed by atoms with E-state index in [1.165, 1.54) is 6.07 Å². The highest BCUT2D eigenvalue weighted by atomic mass is 19.2. The summed E-state index contributed by atoms with van der Waals surface area (Å²) in [7, 11) is 1.63. The number of likely N-dealkylation sites (tertiary alicyclic amines) is 1. The number of urea groups is 1. The fourth-order valence-electron chi connectivity index (χ4n) is 5.01. The van der Waals surface area contributed by atoms with Gasteiger partial charge in [0.1, 0.15) is 5.82 Å². The Kier molecular flexibility index (Phi) is 7.94. The van der Waals surface area contributed by atoms with E-state index in [9.17, 15) is 13.6 Å². The van der Waals surface area contributed by atoms with E-state index >= 15 is 0 Å². The zero-order valence-corrected chi connectivity index (χ0v) is 21.8. The Morgan fingerprint density at radius 2 is 1.82 bits per heavy atom. The van der Waals surface area contributed by atoms with Crippen molar-refractivity contribution in [1.29, 1.82) is 0 Å². The van der Waals surface area contributed by atoms with Crippen LogP contribution in [0.3, 0.4) is 0 Å². The molecule has 1 aliphatic rings. The van der Waals surface area contributed by atoms with Gasteiger partial charge in [-0.3, -0.25) is 15.2 Å². The predicted octanol–water partition coefficient (Wildman–Crippen LogP) is 4.76. The number of aromatic nitrogens is 3. The SMILES string of the molecule is COCCN1C[C@@H](NC(=O)Nc2c(C)c(-c3ccncc3)nn2-c2ccccc2)[C@H](c2ccc(F)c(F)c2)C1. The van der Waals surface area contributed by atoms with Crippen LogP contribution in [0.25, 0.3) is 16.9 Å². The number of pyridine rings is 1. The van der Waals surface area contributed by atoms with Crippen LogP contribution in [0.15, 0.2) is 73.1 Å². The number of hydrogen-bond donors (Lipinski definition) is 2. The third-order valence-electron chi connectivity index (χ3n) is 7.00. The van der Waals surface area contributed by atoms with Crippen molar-refractivity contribution in [3.8, 4) is 16.9 Å². The summed E-state index contributed by atoms with van der Waals surface area (Å²) in [6.07, 6.45) is 3.40. The first-order valence-electron chi connectivity index (χ1n) is 12.7. The molecule has 2 amide bonds. The summed E-state index contributed by atoms with van der Waals surface area (Å²) in [6, 6.07) is 16.5. The maximum atomic E-state index is 14.1. The number of amides is 2. The lowest BCUT2D eigenvalue weighted by Gasteiger charge is -2.21. The number of methoxy groups -OCH3 is 1. The summed E-state index contributed by atoms with van der Waals surface area (Å²) >= 11 is 0. The fraction of sp³-hybridized carbons (Fsp3) is 0.276. The third kappa shape index (κ3) is 5.81. The summed E-state index contributed by atoms with van der Waals surface area (Å²) in [4.78, 5) is 19.6. The van der Waals surface area contributed by atoms with Gasteiger partial charge in [-0.25, -0.2) is 18.3 Å². The van der Waals surface area contributed by atoms with Crippen LogP contribution in [0.1, 0.15) is 17.0 Å². The zero-order chi connectivity index (χ0) is 27.4. The van der Waals surface area contributed by atoms with Crippen molar-refractivity contribution in [3.05, 3.63) is 95.8 Å². The number of anilines is 1. The Labute approximate surface area is 225 Å². The maximum Gasteiger partial charge on any atom is 0.320 e. The number of carbonyl (C=O) groups excluding carboxylic acids is 1. The summed E-state index contributed by atoms with van der Waals surface area (Å²) in [6.45, 7) is 4.21. The Morgan fingerprint density at radius 1 is 1.05 bits per heavy atom. The van der Waals surface area contributed by atoms with Gasteiger partial charge in [-0.2, -0.15) is 5.10 Å². The number of benzene rings is 2. The van der Waals surface area contributed by atoms with Crippen LogP contribution in [-0.4, -0.2) is 65.1 Å². The first-order chi connectivity index (χ1) is 18.9. The largest absolute Gasteiger partial charge is 0.383 e. The molecule has 10 heteroatoms. The van der Waals surface area contributed by atoms with E-state index < -0.39 is 17.7 Å². The van der Waals surface area contributed by atoms with Crippen molar-refractivity contribution in [3.63, 3.8) is 0 Å². The molecule has 4 aromatic rings.